The molecule has 1 heterocycles. The van der Waals surface area contributed by atoms with E-state index >= 15 is 0 Å². The minimum atomic E-state index is -0.103. The fourth-order valence-corrected chi connectivity index (χ4v) is 4.34. The summed E-state index contributed by atoms with van der Waals surface area (Å²) in [5.74, 6) is 0. The van der Waals surface area contributed by atoms with E-state index in [0.29, 0.717) is 0 Å². The van der Waals surface area contributed by atoms with Crippen molar-refractivity contribution in [1.82, 2.24) is 9.80 Å². The fourth-order valence-electron chi connectivity index (χ4n) is 4.34. The topological polar surface area (TPSA) is 6.48 Å². The molecule has 2 heteroatoms. The molecule has 0 aliphatic carbocycles. The van der Waals surface area contributed by atoms with Gasteiger partial charge >= 0.3 is 0 Å². The van der Waals surface area contributed by atoms with Crippen LogP contribution in [0.25, 0.3) is 6.08 Å². The second kappa shape index (κ2) is 9.21. The summed E-state index contributed by atoms with van der Waals surface area (Å²) in [4.78, 5) is 5.20. The Morgan fingerprint density at radius 1 is 0.690 bits per heavy atom. The molecular formula is C27H30N2. The van der Waals surface area contributed by atoms with Crippen LogP contribution in [0, 0.1) is 0 Å². The maximum Gasteiger partial charge on any atom is 0.0687 e. The molecule has 0 N–H and O–H groups in total. The van der Waals surface area contributed by atoms with Gasteiger partial charge in [0.25, 0.3) is 0 Å². The number of benzene rings is 3. The normalized spacial score (nSPS) is 16.3. The van der Waals surface area contributed by atoms with Gasteiger partial charge in [-0.05, 0) is 23.6 Å². The zero-order valence-corrected chi connectivity index (χ0v) is 17.2. The van der Waals surface area contributed by atoms with Gasteiger partial charge in [-0.2, -0.15) is 0 Å². The summed E-state index contributed by atoms with van der Waals surface area (Å²) in [5, 5.41) is 0. The Morgan fingerprint density at radius 3 is 1.69 bits per heavy atom. The molecule has 0 aromatic heterocycles. The molecule has 1 aliphatic rings. The Labute approximate surface area is 175 Å². The molecule has 0 atom stereocenters. The summed E-state index contributed by atoms with van der Waals surface area (Å²) in [6.07, 6.45) is 4.52. The lowest BCUT2D eigenvalue weighted by atomic mass is 9.82. The van der Waals surface area contributed by atoms with Gasteiger partial charge in [-0.1, -0.05) is 103 Å². The Balaban J connectivity index is 1.45. The minimum Gasteiger partial charge on any atom is -0.297 e. The molecular weight excluding hydrogens is 352 g/mol. The smallest absolute Gasteiger partial charge is 0.0687 e. The van der Waals surface area contributed by atoms with Gasteiger partial charge in [-0.3, -0.25) is 9.80 Å². The van der Waals surface area contributed by atoms with Gasteiger partial charge in [0.05, 0.1) is 5.54 Å². The van der Waals surface area contributed by atoms with E-state index in [9.17, 15) is 0 Å². The first-order valence-corrected chi connectivity index (χ1v) is 10.6. The van der Waals surface area contributed by atoms with E-state index in [4.69, 9.17) is 0 Å². The van der Waals surface area contributed by atoms with Crippen LogP contribution >= 0.6 is 0 Å². The van der Waals surface area contributed by atoms with Crippen molar-refractivity contribution >= 4 is 6.08 Å². The van der Waals surface area contributed by atoms with Crippen molar-refractivity contribution in [2.75, 3.05) is 32.7 Å². The van der Waals surface area contributed by atoms with E-state index in [1.54, 1.807) is 0 Å². The molecule has 3 aromatic rings. The molecule has 2 nitrogen and oxygen atoms in total. The lowest BCUT2D eigenvalue weighted by molar-refractivity contribution is 0.0675. The number of nitrogens with zero attached hydrogens (tertiary/aromatic N) is 2. The number of piperazine rings is 1. The predicted octanol–water partition coefficient (Wildman–Crippen LogP) is 5.28. The molecule has 1 saturated heterocycles. The highest BCUT2D eigenvalue weighted by atomic mass is 15.3. The van der Waals surface area contributed by atoms with Crippen molar-refractivity contribution in [2.45, 2.75) is 12.5 Å². The number of hydrogen-bond acceptors (Lipinski definition) is 2. The van der Waals surface area contributed by atoms with Crippen molar-refractivity contribution in [2.24, 2.45) is 0 Å². The number of rotatable bonds is 6. The van der Waals surface area contributed by atoms with Crippen LogP contribution in [0.1, 0.15) is 23.6 Å². The van der Waals surface area contributed by atoms with E-state index in [1.165, 1.54) is 16.7 Å². The average Bonchev–Trinajstić information content (AvgIpc) is 2.81. The fraction of sp³-hybridized carbons (Fsp3) is 0.259. The summed E-state index contributed by atoms with van der Waals surface area (Å²) in [5.41, 5.74) is 3.90. The van der Waals surface area contributed by atoms with Gasteiger partial charge in [-0.15, -0.1) is 0 Å². The molecule has 29 heavy (non-hydrogen) atoms. The minimum absolute atomic E-state index is 0.103. The summed E-state index contributed by atoms with van der Waals surface area (Å²) >= 11 is 0. The average molecular weight is 383 g/mol. The first kappa shape index (κ1) is 19.6. The van der Waals surface area contributed by atoms with Gasteiger partial charge in [0.15, 0.2) is 0 Å². The Hall–Kier alpha value is -2.68. The molecule has 3 aromatic carbocycles. The van der Waals surface area contributed by atoms with Crippen LogP contribution in [-0.4, -0.2) is 42.5 Å². The Bertz CT molecular complexity index is 856. The Kier molecular flexibility index (Phi) is 6.24. The van der Waals surface area contributed by atoms with Crippen molar-refractivity contribution < 1.29 is 0 Å². The van der Waals surface area contributed by atoms with Crippen LogP contribution in [-0.2, 0) is 5.54 Å². The zero-order valence-electron chi connectivity index (χ0n) is 17.2. The third-order valence-electron chi connectivity index (χ3n) is 6.15. The lowest BCUT2D eigenvalue weighted by Crippen LogP contribution is -2.54. The van der Waals surface area contributed by atoms with Crippen LogP contribution in [0.3, 0.4) is 0 Å². The van der Waals surface area contributed by atoms with Crippen molar-refractivity contribution in [3.63, 3.8) is 0 Å². The third-order valence-corrected chi connectivity index (χ3v) is 6.15. The highest BCUT2D eigenvalue weighted by Crippen LogP contribution is 2.36. The van der Waals surface area contributed by atoms with Crippen LogP contribution in [0.15, 0.2) is 97.1 Å². The number of hydrogen-bond donors (Lipinski definition) is 0. The van der Waals surface area contributed by atoms with E-state index in [-0.39, 0.29) is 5.54 Å². The maximum atomic E-state index is 2.65. The van der Waals surface area contributed by atoms with Crippen LogP contribution < -0.4 is 0 Å². The second-order valence-corrected chi connectivity index (χ2v) is 7.90. The summed E-state index contributed by atoms with van der Waals surface area (Å²) in [7, 11) is 0. The summed E-state index contributed by atoms with van der Waals surface area (Å²) in [6, 6.07) is 32.4. The lowest BCUT2D eigenvalue weighted by Gasteiger charge is -2.46. The highest BCUT2D eigenvalue weighted by Gasteiger charge is 2.36. The quantitative estimate of drug-likeness (QED) is 0.572. The van der Waals surface area contributed by atoms with Crippen molar-refractivity contribution in [1.29, 1.82) is 0 Å². The van der Waals surface area contributed by atoms with Crippen LogP contribution in [0.4, 0.5) is 0 Å². The first-order chi connectivity index (χ1) is 14.3. The molecule has 4 rings (SSSR count). The molecule has 0 amide bonds. The molecule has 0 saturated carbocycles. The highest BCUT2D eigenvalue weighted by molar-refractivity contribution is 5.48. The van der Waals surface area contributed by atoms with Gasteiger partial charge in [-0.25, -0.2) is 0 Å². The first-order valence-electron chi connectivity index (χ1n) is 10.6. The van der Waals surface area contributed by atoms with Crippen LogP contribution in [0.5, 0.6) is 0 Å². The largest absolute Gasteiger partial charge is 0.297 e. The second-order valence-electron chi connectivity index (χ2n) is 7.90. The maximum absolute atomic E-state index is 2.65. The monoisotopic (exact) mass is 382 g/mol. The van der Waals surface area contributed by atoms with Gasteiger partial charge < -0.3 is 0 Å². The predicted molar refractivity (Wildman–Crippen MR) is 123 cm³/mol. The SMILES string of the molecule is CC(c1ccccc1)(c1ccccc1)N1CCN(C/C=C/c2ccccc2)CC1. The third kappa shape index (κ3) is 4.50. The molecule has 0 spiro atoms. The summed E-state index contributed by atoms with van der Waals surface area (Å²) in [6.45, 7) is 7.71. The molecule has 0 radical (unpaired) electrons. The van der Waals surface area contributed by atoms with Crippen LogP contribution in [0.2, 0.25) is 0 Å². The molecule has 1 fully saturated rings. The molecule has 1 aliphatic heterocycles. The van der Waals surface area contributed by atoms with Gasteiger partial charge in [0.2, 0.25) is 0 Å². The Morgan fingerprint density at radius 2 is 1.17 bits per heavy atom. The van der Waals surface area contributed by atoms with Crippen molar-refractivity contribution in [3.8, 4) is 0 Å². The summed E-state index contributed by atoms with van der Waals surface area (Å²) < 4.78 is 0. The van der Waals surface area contributed by atoms with E-state index in [1.807, 2.05) is 0 Å². The van der Waals surface area contributed by atoms with Crippen molar-refractivity contribution in [3.05, 3.63) is 114 Å². The molecule has 0 bridgehead atoms. The van der Waals surface area contributed by atoms with E-state index in [2.05, 4.69) is 120 Å². The molecule has 0 unspecified atom stereocenters. The van der Waals surface area contributed by atoms with Gasteiger partial charge in [0, 0.05) is 32.7 Å². The van der Waals surface area contributed by atoms with E-state index in [0.717, 1.165) is 32.7 Å². The zero-order chi connectivity index (χ0) is 19.9. The van der Waals surface area contributed by atoms with Gasteiger partial charge in [0.1, 0.15) is 0 Å². The standard InChI is InChI=1S/C27H30N2/c1-27(25-15-7-3-8-16-25,26-17-9-4-10-18-26)29-22-20-28(21-23-29)19-11-14-24-12-5-2-6-13-24/h2-18H,19-23H2,1H3/b14-11+. The van der Waals surface area contributed by atoms with E-state index < -0.39 is 0 Å². The molecule has 148 valence electrons.